The first-order chi connectivity index (χ1) is 11.3. The molecule has 0 spiro atoms. The first-order valence-electron chi connectivity index (χ1n) is 6.61. The average Bonchev–Trinajstić information content (AvgIpc) is 2.46. The predicted molar refractivity (Wildman–Crippen MR) is 98.8 cm³/mol. The summed E-state index contributed by atoms with van der Waals surface area (Å²) in [6.45, 7) is 0. The number of carbonyl (C=O) groups is 4. The lowest BCUT2D eigenvalue weighted by Gasteiger charge is -1.95. The normalized spacial score (nSPS) is 9.67. The van der Waals surface area contributed by atoms with Crippen molar-refractivity contribution in [2.45, 2.75) is 25.7 Å². The summed E-state index contributed by atoms with van der Waals surface area (Å²) in [5, 5.41) is 33.0. The predicted octanol–water partition coefficient (Wildman–Crippen LogP) is 2.63. The van der Waals surface area contributed by atoms with Crippen LogP contribution in [0.3, 0.4) is 0 Å². The number of rotatable bonds is 14. The second-order valence-electron chi connectivity index (χ2n) is 3.86. The highest BCUT2D eigenvalue weighted by molar-refractivity contribution is 8.77. The van der Waals surface area contributed by atoms with E-state index in [0.29, 0.717) is 23.0 Å². The van der Waals surface area contributed by atoms with Gasteiger partial charge in [-0.2, -0.15) is 0 Å². The molecule has 0 aromatic heterocycles. The zero-order valence-electron chi connectivity index (χ0n) is 12.7. The lowest BCUT2D eigenvalue weighted by atomic mass is 10.5. The molecule has 0 aliphatic heterocycles. The number of hydrogen-bond acceptors (Lipinski definition) is 8. The summed E-state index contributed by atoms with van der Waals surface area (Å²) in [5.41, 5.74) is 0. The Morgan fingerprint density at radius 2 is 0.625 bits per heavy atom. The van der Waals surface area contributed by atoms with E-state index >= 15 is 0 Å². The molecule has 0 aliphatic rings. The molecule has 8 nitrogen and oxygen atoms in total. The van der Waals surface area contributed by atoms with Crippen LogP contribution in [0.15, 0.2) is 0 Å². The van der Waals surface area contributed by atoms with Crippen LogP contribution >= 0.6 is 43.2 Å². The smallest absolute Gasteiger partial charge is 0.304 e. The Kier molecular flexibility index (Phi) is 19.8. The first-order valence-corrected chi connectivity index (χ1v) is 11.6. The molecule has 0 radical (unpaired) electrons. The molecule has 0 amide bonds. The molecule has 0 aliphatic carbocycles. The summed E-state index contributed by atoms with van der Waals surface area (Å²) in [7, 11) is 5.58. The van der Waals surface area contributed by atoms with Gasteiger partial charge in [-0.1, -0.05) is 43.2 Å². The summed E-state index contributed by atoms with van der Waals surface area (Å²) in [6.07, 6.45) is 0.519. The maximum Gasteiger partial charge on any atom is 0.304 e. The van der Waals surface area contributed by atoms with Crippen LogP contribution in [0, 0.1) is 0 Å². The zero-order valence-corrected chi connectivity index (χ0v) is 16.0. The van der Waals surface area contributed by atoms with E-state index in [1.807, 2.05) is 0 Å². The molecule has 140 valence electrons. The molecule has 0 aromatic rings. The number of aliphatic carboxylic acids is 4. The highest BCUT2D eigenvalue weighted by Crippen LogP contribution is 2.22. The van der Waals surface area contributed by atoms with Crippen LogP contribution in [0.2, 0.25) is 0 Å². The lowest BCUT2D eigenvalue weighted by Crippen LogP contribution is -1.96. The first kappa shape index (κ1) is 25.5. The summed E-state index contributed by atoms with van der Waals surface area (Å²) in [4.78, 5) is 40.1. The van der Waals surface area contributed by atoms with Crippen molar-refractivity contribution in [1.82, 2.24) is 0 Å². The molecule has 4 N–H and O–H groups in total. The number of carboxylic acid groups (broad SMARTS) is 4. The third-order valence-electron chi connectivity index (χ3n) is 1.76. The Morgan fingerprint density at radius 3 is 0.750 bits per heavy atom. The summed E-state index contributed by atoms with van der Waals surface area (Å²) in [6, 6.07) is 0. The van der Waals surface area contributed by atoms with Crippen LogP contribution in [0.1, 0.15) is 25.7 Å². The molecule has 0 aromatic carbocycles. The Hall–Kier alpha value is -0.720. The Bertz CT molecular complexity index is 319. The van der Waals surface area contributed by atoms with Crippen molar-refractivity contribution in [3.05, 3.63) is 0 Å². The zero-order chi connectivity index (χ0) is 18.8. The van der Waals surface area contributed by atoms with Gasteiger partial charge in [0.1, 0.15) is 0 Å². The molecular formula is C12H20O8S4. The Balaban J connectivity index is 0. The molecule has 24 heavy (non-hydrogen) atoms. The highest BCUT2D eigenvalue weighted by Gasteiger charge is 2.00. The largest absolute Gasteiger partial charge is 0.481 e. The Morgan fingerprint density at radius 1 is 0.458 bits per heavy atom. The fourth-order valence-corrected chi connectivity index (χ4v) is 4.67. The van der Waals surface area contributed by atoms with Crippen molar-refractivity contribution in [2.75, 3.05) is 23.0 Å². The van der Waals surface area contributed by atoms with Gasteiger partial charge in [-0.25, -0.2) is 0 Å². The molecule has 12 heteroatoms. The van der Waals surface area contributed by atoms with Crippen LogP contribution in [0.4, 0.5) is 0 Å². The minimum absolute atomic E-state index is 0.130. The molecule has 0 fully saturated rings. The summed E-state index contributed by atoms with van der Waals surface area (Å²) >= 11 is 0. The maximum absolute atomic E-state index is 10.0. The topological polar surface area (TPSA) is 149 Å². The summed E-state index contributed by atoms with van der Waals surface area (Å²) < 4.78 is 0. The van der Waals surface area contributed by atoms with E-state index in [-0.39, 0.29) is 25.7 Å². The van der Waals surface area contributed by atoms with Gasteiger partial charge in [-0.05, 0) is 0 Å². The molecular weight excluding hydrogens is 400 g/mol. The molecule has 0 bridgehead atoms. The second kappa shape index (κ2) is 18.6. The van der Waals surface area contributed by atoms with Gasteiger partial charge >= 0.3 is 23.9 Å². The van der Waals surface area contributed by atoms with Gasteiger partial charge in [0.2, 0.25) is 0 Å². The van der Waals surface area contributed by atoms with Gasteiger partial charge in [0.25, 0.3) is 0 Å². The van der Waals surface area contributed by atoms with E-state index < -0.39 is 23.9 Å². The van der Waals surface area contributed by atoms with Crippen molar-refractivity contribution in [3.8, 4) is 0 Å². The quantitative estimate of drug-likeness (QED) is 0.242. The van der Waals surface area contributed by atoms with E-state index in [1.165, 1.54) is 43.2 Å². The van der Waals surface area contributed by atoms with Crippen molar-refractivity contribution in [2.24, 2.45) is 0 Å². The third kappa shape index (κ3) is 29.3. The van der Waals surface area contributed by atoms with Crippen molar-refractivity contribution in [3.63, 3.8) is 0 Å². The molecule has 0 heterocycles. The van der Waals surface area contributed by atoms with Gasteiger partial charge in [-0.15, -0.1) is 0 Å². The second-order valence-corrected chi connectivity index (χ2v) is 9.27. The fraction of sp³-hybridized carbons (Fsp3) is 0.667. The van der Waals surface area contributed by atoms with Gasteiger partial charge in [0.05, 0.1) is 25.7 Å². The maximum atomic E-state index is 10.0. The Labute approximate surface area is 155 Å². The number of carboxylic acids is 4. The van der Waals surface area contributed by atoms with E-state index in [9.17, 15) is 19.2 Å². The van der Waals surface area contributed by atoms with Crippen molar-refractivity contribution >= 4 is 67.1 Å². The summed E-state index contributed by atoms with van der Waals surface area (Å²) in [5.74, 6) is -1.16. The van der Waals surface area contributed by atoms with E-state index in [4.69, 9.17) is 20.4 Å². The standard InChI is InChI=1S/2C6H10O4S2/c2*7-5(8)1-3-11-12-4-2-6(9)10/h2*1-4H2,(H,7,8)(H,9,10). The van der Waals surface area contributed by atoms with E-state index in [0.717, 1.165) is 0 Å². The fourth-order valence-electron chi connectivity index (χ4n) is 0.752. The van der Waals surface area contributed by atoms with Gasteiger partial charge in [-0.3, -0.25) is 19.2 Å². The SMILES string of the molecule is O=C(O)CCSSCCC(=O)O.O=C(O)CCSSCCC(=O)O. The van der Waals surface area contributed by atoms with Crippen LogP contribution in [0.5, 0.6) is 0 Å². The molecule has 0 saturated carbocycles. The van der Waals surface area contributed by atoms with Crippen molar-refractivity contribution in [1.29, 1.82) is 0 Å². The van der Waals surface area contributed by atoms with Crippen LogP contribution < -0.4 is 0 Å². The molecule has 0 atom stereocenters. The van der Waals surface area contributed by atoms with Crippen LogP contribution in [0.25, 0.3) is 0 Å². The monoisotopic (exact) mass is 420 g/mol. The van der Waals surface area contributed by atoms with Crippen molar-refractivity contribution < 1.29 is 39.6 Å². The van der Waals surface area contributed by atoms with Gasteiger partial charge in [0.15, 0.2) is 0 Å². The third-order valence-corrected chi connectivity index (χ3v) is 6.58. The van der Waals surface area contributed by atoms with E-state index in [1.54, 1.807) is 0 Å². The van der Waals surface area contributed by atoms with Gasteiger partial charge < -0.3 is 20.4 Å². The molecule has 0 unspecified atom stereocenters. The molecule has 0 rings (SSSR count). The molecule has 0 saturated heterocycles. The number of hydrogen-bond donors (Lipinski definition) is 4. The van der Waals surface area contributed by atoms with Gasteiger partial charge in [0, 0.05) is 23.0 Å². The van der Waals surface area contributed by atoms with E-state index in [2.05, 4.69) is 0 Å². The lowest BCUT2D eigenvalue weighted by molar-refractivity contribution is -0.137. The van der Waals surface area contributed by atoms with Crippen LogP contribution in [-0.2, 0) is 19.2 Å². The average molecular weight is 421 g/mol. The van der Waals surface area contributed by atoms with Crippen LogP contribution in [-0.4, -0.2) is 67.3 Å². The minimum Gasteiger partial charge on any atom is -0.481 e. The highest BCUT2D eigenvalue weighted by atomic mass is 33.1. The minimum atomic E-state index is -0.818.